The van der Waals surface area contributed by atoms with Crippen LogP contribution in [0.15, 0.2) is 53.7 Å². The summed E-state index contributed by atoms with van der Waals surface area (Å²) in [5.41, 5.74) is 2.18. The number of benzene rings is 1. The number of hydrogen-bond donors (Lipinski definition) is 1. The number of rotatable bonds is 2. The van der Waals surface area contributed by atoms with E-state index in [9.17, 15) is 0 Å². The van der Waals surface area contributed by atoms with Crippen molar-refractivity contribution in [3.8, 4) is 0 Å². The van der Waals surface area contributed by atoms with Crippen molar-refractivity contribution in [2.24, 2.45) is 4.99 Å². The average Bonchev–Trinajstić information content (AvgIpc) is 3.02. The van der Waals surface area contributed by atoms with Crippen molar-refractivity contribution < 1.29 is 0 Å². The van der Waals surface area contributed by atoms with Gasteiger partial charge in [-0.3, -0.25) is 20.2 Å². The zero-order valence-corrected chi connectivity index (χ0v) is 11.5. The minimum atomic E-state index is 0.460. The lowest BCUT2D eigenvalue weighted by Crippen LogP contribution is -2.50. The first-order valence-corrected chi connectivity index (χ1v) is 7.02. The van der Waals surface area contributed by atoms with Crippen LogP contribution in [0.4, 0.5) is 5.82 Å². The molecule has 0 bridgehead atoms. The summed E-state index contributed by atoms with van der Waals surface area (Å²) in [6.07, 6.45) is 1.77. The van der Waals surface area contributed by atoms with Gasteiger partial charge in [-0.2, -0.15) is 0 Å². The minimum absolute atomic E-state index is 0.460. The first-order valence-electron chi connectivity index (χ1n) is 7.02. The van der Waals surface area contributed by atoms with E-state index >= 15 is 0 Å². The fourth-order valence-corrected chi connectivity index (χ4v) is 2.83. The van der Waals surface area contributed by atoms with Crippen molar-refractivity contribution in [3.63, 3.8) is 0 Å². The lowest BCUT2D eigenvalue weighted by molar-refractivity contribution is 0.627. The number of guanidine groups is 1. The van der Waals surface area contributed by atoms with Crippen molar-refractivity contribution in [1.82, 2.24) is 9.88 Å². The molecule has 104 valence electrons. The molecule has 4 rings (SSSR count). The molecule has 21 heavy (non-hydrogen) atoms. The SMILES string of the molecule is N=C1N2CCN=C2c2cccnc2N1Cc1ccccc1. The monoisotopic (exact) mass is 277 g/mol. The second-order valence-corrected chi connectivity index (χ2v) is 5.13. The molecule has 0 aliphatic carbocycles. The van der Waals surface area contributed by atoms with Gasteiger partial charge in [0.1, 0.15) is 11.7 Å². The van der Waals surface area contributed by atoms with Crippen LogP contribution in [0.5, 0.6) is 0 Å². The molecule has 1 aromatic carbocycles. The zero-order chi connectivity index (χ0) is 14.2. The number of amidine groups is 1. The highest BCUT2D eigenvalue weighted by atomic mass is 15.4. The molecule has 0 saturated heterocycles. The van der Waals surface area contributed by atoms with Gasteiger partial charge < -0.3 is 0 Å². The lowest BCUT2D eigenvalue weighted by Gasteiger charge is -2.36. The average molecular weight is 277 g/mol. The molecule has 2 aliphatic rings. The van der Waals surface area contributed by atoms with Crippen LogP contribution in [0.2, 0.25) is 0 Å². The minimum Gasteiger partial charge on any atom is -0.295 e. The summed E-state index contributed by atoms with van der Waals surface area (Å²) in [5, 5.41) is 8.48. The maximum Gasteiger partial charge on any atom is 0.205 e. The van der Waals surface area contributed by atoms with E-state index in [0.29, 0.717) is 12.5 Å². The number of fused-ring (bicyclic) bond motifs is 3. The van der Waals surface area contributed by atoms with Crippen LogP contribution in [-0.4, -0.2) is 34.8 Å². The Bertz CT molecular complexity index is 722. The van der Waals surface area contributed by atoms with Gasteiger partial charge in [0.05, 0.1) is 18.7 Å². The predicted molar refractivity (Wildman–Crippen MR) is 82.7 cm³/mol. The maximum atomic E-state index is 8.48. The molecule has 2 aliphatic heterocycles. The Balaban J connectivity index is 1.79. The molecule has 0 radical (unpaired) electrons. The molecular weight excluding hydrogens is 262 g/mol. The Kier molecular flexibility index (Phi) is 2.70. The molecule has 0 saturated carbocycles. The molecule has 0 amide bonds. The summed E-state index contributed by atoms with van der Waals surface area (Å²) in [6.45, 7) is 2.16. The van der Waals surface area contributed by atoms with Gasteiger partial charge >= 0.3 is 0 Å². The van der Waals surface area contributed by atoms with E-state index in [1.165, 1.54) is 5.56 Å². The standard InChI is InChI=1S/C16H15N5/c17-16-20-10-9-19-14(20)13-7-4-8-18-15(13)21(16)11-12-5-2-1-3-6-12/h1-8,17H,9-11H2. The van der Waals surface area contributed by atoms with E-state index in [0.717, 1.165) is 30.3 Å². The number of nitrogens with one attached hydrogen (secondary N) is 1. The van der Waals surface area contributed by atoms with Crippen LogP contribution < -0.4 is 4.90 Å². The third-order valence-electron chi connectivity index (χ3n) is 3.82. The van der Waals surface area contributed by atoms with E-state index in [-0.39, 0.29) is 0 Å². The topological polar surface area (TPSA) is 55.6 Å². The molecule has 5 heteroatoms. The number of aliphatic imine (C=N–C) groups is 1. The van der Waals surface area contributed by atoms with Crippen molar-refractivity contribution in [3.05, 3.63) is 59.8 Å². The molecule has 0 atom stereocenters. The van der Waals surface area contributed by atoms with Crippen LogP contribution in [0.25, 0.3) is 0 Å². The first kappa shape index (κ1) is 12.1. The Hall–Kier alpha value is -2.69. The van der Waals surface area contributed by atoms with Crippen LogP contribution >= 0.6 is 0 Å². The number of hydrogen-bond acceptors (Lipinski definition) is 3. The van der Waals surface area contributed by atoms with Crippen LogP contribution in [-0.2, 0) is 6.54 Å². The van der Waals surface area contributed by atoms with Crippen molar-refractivity contribution >= 4 is 17.6 Å². The quantitative estimate of drug-likeness (QED) is 0.914. The van der Waals surface area contributed by atoms with Gasteiger partial charge in [0.25, 0.3) is 0 Å². The molecule has 1 N–H and O–H groups in total. The van der Waals surface area contributed by atoms with Gasteiger partial charge in [-0.1, -0.05) is 30.3 Å². The molecule has 3 heterocycles. The van der Waals surface area contributed by atoms with Crippen LogP contribution in [0.1, 0.15) is 11.1 Å². The van der Waals surface area contributed by atoms with Crippen LogP contribution in [0.3, 0.4) is 0 Å². The third-order valence-corrected chi connectivity index (χ3v) is 3.82. The molecule has 0 unspecified atom stereocenters. The van der Waals surface area contributed by atoms with E-state index in [2.05, 4.69) is 22.1 Å². The first-order chi connectivity index (χ1) is 10.3. The van der Waals surface area contributed by atoms with Crippen molar-refractivity contribution in [2.45, 2.75) is 6.54 Å². The second-order valence-electron chi connectivity index (χ2n) is 5.13. The third kappa shape index (κ3) is 1.89. The molecule has 2 aromatic rings. The second kappa shape index (κ2) is 4.70. The Morgan fingerprint density at radius 3 is 2.81 bits per heavy atom. The molecule has 0 fully saturated rings. The van der Waals surface area contributed by atoms with E-state index in [4.69, 9.17) is 5.41 Å². The molecule has 0 spiro atoms. The van der Waals surface area contributed by atoms with Crippen molar-refractivity contribution in [2.75, 3.05) is 18.0 Å². The highest BCUT2D eigenvalue weighted by Crippen LogP contribution is 2.29. The summed E-state index contributed by atoms with van der Waals surface area (Å²) in [7, 11) is 0. The van der Waals surface area contributed by atoms with Gasteiger partial charge in [-0.05, 0) is 17.7 Å². The van der Waals surface area contributed by atoms with Gasteiger partial charge in [-0.15, -0.1) is 0 Å². The molecular formula is C16H15N5. The number of nitrogens with zero attached hydrogens (tertiary/aromatic N) is 4. The largest absolute Gasteiger partial charge is 0.295 e. The molecule has 5 nitrogen and oxygen atoms in total. The van der Waals surface area contributed by atoms with Crippen molar-refractivity contribution in [1.29, 1.82) is 5.41 Å². The highest BCUT2D eigenvalue weighted by Gasteiger charge is 2.35. The lowest BCUT2D eigenvalue weighted by atomic mass is 10.1. The summed E-state index contributed by atoms with van der Waals surface area (Å²) in [4.78, 5) is 12.9. The fourth-order valence-electron chi connectivity index (χ4n) is 2.83. The summed E-state index contributed by atoms with van der Waals surface area (Å²) >= 11 is 0. The Morgan fingerprint density at radius 1 is 1.10 bits per heavy atom. The predicted octanol–water partition coefficient (Wildman–Crippen LogP) is 2.10. The van der Waals surface area contributed by atoms with Crippen LogP contribution in [0, 0.1) is 5.41 Å². The summed E-state index contributed by atoms with van der Waals surface area (Å²) in [6, 6.07) is 14.1. The Morgan fingerprint density at radius 2 is 1.95 bits per heavy atom. The van der Waals surface area contributed by atoms with E-state index < -0.39 is 0 Å². The normalized spacial score (nSPS) is 16.6. The Labute approximate surface area is 123 Å². The van der Waals surface area contributed by atoms with Gasteiger partial charge in [-0.25, -0.2) is 4.98 Å². The van der Waals surface area contributed by atoms with E-state index in [1.54, 1.807) is 6.20 Å². The maximum absolute atomic E-state index is 8.48. The summed E-state index contributed by atoms with van der Waals surface area (Å²) in [5.74, 6) is 2.16. The highest BCUT2D eigenvalue weighted by molar-refractivity contribution is 6.19. The molecule has 1 aromatic heterocycles. The number of pyridine rings is 1. The summed E-state index contributed by atoms with van der Waals surface area (Å²) < 4.78 is 0. The zero-order valence-electron chi connectivity index (χ0n) is 11.5. The van der Waals surface area contributed by atoms with Gasteiger partial charge in [0.15, 0.2) is 0 Å². The smallest absolute Gasteiger partial charge is 0.205 e. The van der Waals surface area contributed by atoms with Gasteiger partial charge in [0.2, 0.25) is 5.96 Å². The van der Waals surface area contributed by atoms with E-state index in [1.807, 2.05) is 40.1 Å². The van der Waals surface area contributed by atoms with Gasteiger partial charge in [0, 0.05) is 12.7 Å². The number of aromatic nitrogens is 1. The number of anilines is 1. The fraction of sp³-hybridized carbons (Fsp3) is 0.188.